The summed E-state index contributed by atoms with van der Waals surface area (Å²) in [5.74, 6) is -1.000. The molecule has 0 radical (unpaired) electrons. The van der Waals surface area contributed by atoms with Crippen LogP contribution in [0.25, 0.3) is 0 Å². The smallest absolute Gasteiger partial charge is 0.312 e. The minimum absolute atomic E-state index is 0.0751. The van der Waals surface area contributed by atoms with Crippen molar-refractivity contribution in [2.24, 2.45) is 5.92 Å². The van der Waals surface area contributed by atoms with Gasteiger partial charge in [-0.1, -0.05) is 13.8 Å². The molecule has 0 saturated heterocycles. The van der Waals surface area contributed by atoms with E-state index in [2.05, 4.69) is 15.6 Å². The normalized spacial score (nSPS) is 18.4. The second-order valence-corrected chi connectivity index (χ2v) is 6.85. The Labute approximate surface area is 128 Å². The van der Waals surface area contributed by atoms with E-state index >= 15 is 0 Å². The highest BCUT2D eigenvalue weighted by atomic mass is 32.1. The molecule has 7 heteroatoms. The van der Waals surface area contributed by atoms with E-state index in [1.165, 1.54) is 11.3 Å². The van der Waals surface area contributed by atoms with Gasteiger partial charge in [0.15, 0.2) is 5.13 Å². The van der Waals surface area contributed by atoms with Gasteiger partial charge in [-0.15, -0.1) is 11.3 Å². The molecule has 2 rings (SSSR count). The number of nitrogens with zero attached hydrogens (tertiary/aromatic N) is 1. The van der Waals surface area contributed by atoms with Crippen molar-refractivity contribution < 1.29 is 14.7 Å². The lowest BCUT2D eigenvalue weighted by atomic mass is 10.1. The maximum Gasteiger partial charge on any atom is 0.312 e. The van der Waals surface area contributed by atoms with Crippen LogP contribution in [0.1, 0.15) is 43.7 Å². The van der Waals surface area contributed by atoms with Crippen LogP contribution in [0.4, 0.5) is 5.13 Å². The molecule has 21 heavy (non-hydrogen) atoms. The summed E-state index contributed by atoms with van der Waals surface area (Å²) in [5.41, 5.74) is 0.657. The molecule has 2 unspecified atom stereocenters. The van der Waals surface area contributed by atoms with Crippen LogP contribution >= 0.6 is 11.3 Å². The molecule has 0 aliphatic heterocycles. The highest BCUT2D eigenvalue weighted by Crippen LogP contribution is 2.38. The maximum absolute atomic E-state index is 11.9. The highest BCUT2D eigenvalue weighted by Gasteiger charge is 2.32. The number of anilines is 1. The molecule has 0 fully saturated rings. The van der Waals surface area contributed by atoms with E-state index < -0.39 is 17.9 Å². The first-order chi connectivity index (χ1) is 9.88. The Morgan fingerprint density at radius 2 is 2.14 bits per heavy atom. The molecule has 0 bridgehead atoms. The van der Waals surface area contributed by atoms with Crippen molar-refractivity contribution >= 4 is 28.3 Å². The highest BCUT2D eigenvalue weighted by molar-refractivity contribution is 7.15. The van der Waals surface area contributed by atoms with Crippen LogP contribution in [0.3, 0.4) is 0 Å². The van der Waals surface area contributed by atoms with Crippen molar-refractivity contribution in [3.05, 3.63) is 10.6 Å². The van der Waals surface area contributed by atoms with Crippen LogP contribution < -0.4 is 10.6 Å². The predicted molar refractivity (Wildman–Crippen MR) is 81.7 cm³/mol. The van der Waals surface area contributed by atoms with Gasteiger partial charge in [0.25, 0.3) is 0 Å². The number of carboxylic acids is 1. The Kier molecular flexibility index (Phi) is 4.82. The fourth-order valence-corrected chi connectivity index (χ4v) is 3.36. The number of hydrogen-bond acceptors (Lipinski definition) is 5. The summed E-state index contributed by atoms with van der Waals surface area (Å²) in [4.78, 5) is 28.4. The molecule has 0 spiro atoms. The molecule has 0 saturated carbocycles. The SMILES string of the molecule is CC(C)CNC(=O)C(C)Nc1nc2c(s1)CCC2C(=O)O. The van der Waals surface area contributed by atoms with Gasteiger partial charge >= 0.3 is 5.97 Å². The zero-order valence-electron chi connectivity index (χ0n) is 12.5. The lowest BCUT2D eigenvalue weighted by molar-refractivity contribution is -0.138. The van der Waals surface area contributed by atoms with Crippen LogP contribution in [-0.2, 0) is 16.0 Å². The van der Waals surface area contributed by atoms with Crippen molar-refractivity contribution in [1.29, 1.82) is 0 Å². The Bertz CT molecular complexity index is 542. The number of fused-ring (bicyclic) bond motifs is 1. The molecule has 1 heterocycles. The molecule has 0 aromatic carbocycles. The van der Waals surface area contributed by atoms with Crippen LogP contribution in [0.15, 0.2) is 0 Å². The van der Waals surface area contributed by atoms with Crippen molar-refractivity contribution in [2.75, 3.05) is 11.9 Å². The quantitative estimate of drug-likeness (QED) is 0.745. The van der Waals surface area contributed by atoms with Crippen LogP contribution in [0.5, 0.6) is 0 Å². The lowest BCUT2D eigenvalue weighted by Crippen LogP contribution is -2.39. The number of thiazole rings is 1. The Balaban J connectivity index is 1.97. The van der Waals surface area contributed by atoms with Gasteiger partial charge in [0.05, 0.1) is 5.69 Å². The van der Waals surface area contributed by atoms with Crippen molar-refractivity contribution in [1.82, 2.24) is 10.3 Å². The van der Waals surface area contributed by atoms with Gasteiger partial charge < -0.3 is 15.7 Å². The van der Waals surface area contributed by atoms with Crippen LogP contribution in [0.2, 0.25) is 0 Å². The molecule has 1 aliphatic carbocycles. The first-order valence-electron chi connectivity index (χ1n) is 7.15. The third-order valence-corrected chi connectivity index (χ3v) is 4.50. The fourth-order valence-electron chi connectivity index (χ4n) is 2.24. The second kappa shape index (κ2) is 6.43. The Hall–Kier alpha value is -1.63. The number of nitrogens with one attached hydrogen (secondary N) is 2. The van der Waals surface area contributed by atoms with E-state index in [9.17, 15) is 9.59 Å². The first kappa shape index (κ1) is 15.8. The van der Waals surface area contributed by atoms with Gasteiger partial charge in [-0.3, -0.25) is 9.59 Å². The number of aryl methyl sites for hydroxylation is 1. The molecule has 2 atom stereocenters. The number of hydrogen-bond donors (Lipinski definition) is 3. The summed E-state index contributed by atoms with van der Waals surface area (Å²) in [6, 6.07) is -0.390. The minimum atomic E-state index is -0.826. The van der Waals surface area contributed by atoms with E-state index in [-0.39, 0.29) is 5.91 Å². The van der Waals surface area contributed by atoms with Crippen molar-refractivity contribution in [3.8, 4) is 0 Å². The van der Waals surface area contributed by atoms with Gasteiger partial charge in [-0.05, 0) is 25.7 Å². The summed E-state index contributed by atoms with van der Waals surface area (Å²) in [6.07, 6.45) is 1.37. The monoisotopic (exact) mass is 311 g/mol. The van der Waals surface area contributed by atoms with E-state index in [1.54, 1.807) is 6.92 Å². The molecule has 1 aromatic heterocycles. The second-order valence-electron chi connectivity index (χ2n) is 5.76. The van der Waals surface area contributed by atoms with Crippen LogP contribution in [-0.4, -0.2) is 34.6 Å². The third-order valence-electron chi connectivity index (χ3n) is 3.43. The number of carbonyl (C=O) groups is 2. The zero-order valence-corrected chi connectivity index (χ0v) is 13.3. The largest absolute Gasteiger partial charge is 0.481 e. The van der Waals surface area contributed by atoms with Crippen molar-refractivity contribution in [2.45, 2.75) is 45.6 Å². The third kappa shape index (κ3) is 3.72. The van der Waals surface area contributed by atoms with Gasteiger partial charge in [0.1, 0.15) is 12.0 Å². The van der Waals surface area contributed by atoms with E-state index in [0.717, 1.165) is 11.3 Å². The molecule has 1 aliphatic rings. The zero-order chi connectivity index (χ0) is 15.6. The van der Waals surface area contributed by atoms with E-state index in [1.807, 2.05) is 13.8 Å². The van der Waals surface area contributed by atoms with Gasteiger partial charge in [0, 0.05) is 11.4 Å². The first-order valence-corrected chi connectivity index (χ1v) is 7.96. The molecule has 3 N–H and O–H groups in total. The summed E-state index contributed by atoms with van der Waals surface area (Å²) in [6.45, 7) is 6.49. The molecule has 1 aromatic rings. The topological polar surface area (TPSA) is 91.3 Å². The molecule has 1 amide bonds. The van der Waals surface area contributed by atoms with E-state index in [0.29, 0.717) is 29.7 Å². The van der Waals surface area contributed by atoms with Crippen molar-refractivity contribution in [3.63, 3.8) is 0 Å². The predicted octanol–water partition coefficient (Wildman–Crippen LogP) is 1.83. The average molecular weight is 311 g/mol. The lowest BCUT2D eigenvalue weighted by Gasteiger charge is -2.14. The summed E-state index contributed by atoms with van der Waals surface area (Å²) in [5, 5.41) is 15.7. The molecular formula is C14H21N3O3S. The number of rotatable bonds is 6. The number of carbonyl (C=O) groups excluding carboxylic acids is 1. The number of amides is 1. The van der Waals surface area contributed by atoms with Gasteiger partial charge in [-0.25, -0.2) is 4.98 Å². The maximum atomic E-state index is 11.9. The van der Waals surface area contributed by atoms with E-state index in [4.69, 9.17) is 5.11 Å². The number of aromatic nitrogens is 1. The molecular weight excluding hydrogens is 290 g/mol. The number of carboxylic acid groups (broad SMARTS) is 1. The van der Waals surface area contributed by atoms with Crippen LogP contribution in [0, 0.1) is 5.92 Å². The summed E-state index contributed by atoms with van der Waals surface area (Å²) in [7, 11) is 0. The summed E-state index contributed by atoms with van der Waals surface area (Å²) < 4.78 is 0. The van der Waals surface area contributed by atoms with Gasteiger partial charge in [0.2, 0.25) is 5.91 Å². The number of aliphatic carboxylic acids is 1. The fraction of sp³-hybridized carbons (Fsp3) is 0.643. The minimum Gasteiger partial charge on any atom is -0.481 e. The van der Waals surface area contributed by atoms with Gasteiger partial charge in [-0.2, -0.15) is 0 Å². The molecule has 6 nitrogen and oxygen atoms in total. The average Bonchev–Trinajstić information content (AvgIpc) is 2.94. The molecule has 116 valence electrons. The Morgan fingerprint density at radius 3 is 2.76 bits per heavy atom. The Morgan fingerprint density at radius 1 is 1.43 bits per heavy atom. The standard InChI is InChI=1S/C14H21N3O3S/c1-7(2)6-15-12(18)8(3)16-14-17-11-9(13(19)20)4-5-10(11)21-14/h7-9H,4-6H2,1-3H3,(H,15,18)(H,16,17)(H,19,20). The summed E-state index contributed by atoms with van der Waals surface area (Å²) >= 11 is 1.45.